The van der Waals surface area contributed by atoms with E-state index < -0.39 is 0 Å². The summed E-state index contributed by atoms with van der Waals surface area (Å²) in [6.07, 6.45) is 2.39. The van der Waals surface area contributed by atoms with Gasteiger partial charge in [-0.15, -0.1) is 23.5 Å². The molecule has 21 heavy (non-hydrogen) atoms. The van der Waals surface area contributed by atoms with Crippen LogP contribution >= 0.6 is 23.5 Å². The predicted molar refractivity (Wildman–Crippen MR) is 93.9 cm³/mol. The second-order valence-corrected chi connectivity index (χ2v) is 7.85. The zero-order valence-corrected chi connectivity index (χ0v) is 13.4. The molecule has 0 N–H and O–H groups in total. The summed E-state index contributed by atoms with van der Waals surface area (Å²) in [4.78, 5) is 2.52. The van der Waals surface area contributed by atoms with Crippen molar-refractivity contribution in [1.82, 2.24) is 4.90 Å². The molecule has 0 bridgehead atoms. The van der Waals surface area contributed by atoms with E-state index in [-0.39, 0.29) is 0 Å². The molecule has 0 saturated carbocycles. The predicted octanol–water partition coefficient (Wildman–Crippen LogP) is 4.81. The Morgan fingerprint density at radius 2 is 1.86 bits per heavy atom. The van der Waals surface area contributed by atoms with E-state index in [4.69, 9.17) is 0 Å². The van der Waals surface area contributed by atoms with Crippen molar-refractivity contribution in [1.29, 1.82) is 0 Å². The topological polar surface area (TPSA) is 3.24 Å². The van der Waals surface area contributed by atoms with Crippen molar-refractivity contribution in [3.05, 3.63) is 77.0 Å². The number of nitrogens with zero attached hydrogens (tertiary/aromatic N) is 1. The van der Waals surface area contributed by atoms with Crippen molar-refractivity contribution < 1.29 is 0 Å². The van der Waals surface area contributed by atoms with E-state index in [1.165, 1.54) is 22.4 Å². The number of benzene rings is 2. The lowest BCUT2D eigenvalue weighted by atomic mass is 10.0. The third-order valence-corrected chi connectivity index (χ3v) is 6.82. The maximum atomic E-state index is 2.52. The number of thioether (sulfide) groups is 2. The minimum Gasteiger partial charge on any atom is -0.360 e. The van der Waals surface area contributed by atoms with Crippen molar-refractivity contribution in [2.45, 2.75) is 16.9 Å². The summed E-state index contributed by atoms with van der Waals surface area (Å²) in [5.41, 5.74) is 5.77. The van der Waals surface area contributed by atoms with Crippen LogP contribution < -0.4 is 0 Å². The van der Waals surface area contributed by atoms with Crippen molar-refractivity contribution in [3.8, 4) is 0 Å². The van der Waals surface area contributed by atoms with E-state index in [9.17, 15) is 0 Å². The lowest BCUT2D eigenvalue weighted by Crippen LogP contribution is -2.22. The second kappa shape index (κ2) is 5.82. The van der Waals surface area contributed by atoms with Gasteiger partial charge in [0.05, 0.1) is 10.5 Å². The molecule has 4 rings (SSSR count). The van der Waals surface area contributed by atoms with Gasteiger partial charge in [-0.3, -0.25) is 0 Å². The van der Waals surface area contributed by atoms with E-state index in [0.717, 1.165) is 18.2 Å². The largest absolute Gasteiger partial charge is 0.360 e. The third kappa shape index (κ3) is 2.72. The monoisotopic (exact) mass is 311 g/mol. The van der Waals surface area contributed by atoms with Crippen LogP contribution in [-0.2, 0) is 12.3 Å². The fraction of sp³-hybridized carbons (Fsp3) is 0.222. The van der Waals surface area contributed by atoms with Crippen LogP contribution in [0.15, 0.2) is 60.3 Å². The average Bonchev–Trinajstić information content (AvgIpc) is 2.94. The van der Waals surface area contributed by atoms with Crippen LogP contribution in [0.1, 0.15) is 16.7 Å². The molecule has 1 fully saturated rings. The minimum atomic E-state index is 0.568. The van der Waals surface area contributed by atoms with Crippen LogP contribution in [0, 0.1) is 0 Å². The maximum Gasteiger partial charge on any atom is 0.0920 e. The van der Waals surface area contributed by atoms with Gasteiger partial charge in [-0.05, 0) is 22.8 Å². The van der Waals surface area contributed by atoms with Crippen molar-refractivity contribution in [3.63, 3.8) is 0 Å². The Balaban J connectivity index is 1.52. The Morgan fingerprint density at radius 1 is 1.05 bits per heavy atom. The van der Waals surface area contributed by atoms with E-state index in [2.05, 4.69) is 89.1 Å². The van der Waals surface area contributed by atoms with Gasteiger partial charge < -0.3 is 4.90 Å². The molecule has 0 radical (unpaired) electrons. The Bertz CT molecular complexity index is 666. The molecule has 1 unspecified atom stereocenters. The average molecular weight is 311 g/mol. The normalized spacial score (nSPS) is 19.9. The molecule has 1 saturated heterocycles. The highest BCUT2D eigenvalue weighted by Crippen LogP contribution is 2.44. The lowest BCUT2D eigenvalue weighted by Gasteiger charge is -2.26. The summed E-state index contributed by atoms with van der Waals surface area (Å²) >= 11 is 4.11. The fourth-order valence-electron chi connectivity index (χ4n) is 2.83. The Morgan fingerprint density at radius 3 is 2.76 bits per heavy atom. The van der Waals surface area contributed by atoms with Gasteiger partial charge in [0.2, 0.25) is 0 Å². The van der Waals surface area contributed by atoms with E-state index in [0.29, 0.717) is 4.58 Å². The van der Waals surface area contributed by atoms with Crippen LogP contribution in [0.4, 0.5) is 0 Å². The SMILES string of the molecule is C1=C2C(SCc3ccccc3)SCN2Cc2ccccc21. The highest BCUT2D eigenvalue weighted by atomic mass is 32.2. The highest BCUT2D eigenvalue weighted by Gasteiger charge is 2.31. The number of hydrogen-bond donors (Lipinski definition) is 0. The first-order valence-electron chi connectivity index (χ1n) is 7.22. The molecular formula is C18H17NS2. The van der Waals surface area contributed by atoms with Crippen LogP contribution in [0.2, 0.25) is 0 Å². The van der Waals surface area contributed by atoms with Gasteiger partial charge in [0.1, 0.15) is 0 Å². The molecular weight excluding hydrogens is 294 g/mol. The number of rotatable bonds is 3. The van der Waals surface area contributed by atoms with E-state index in [1.54, 1.807) is 0 Å². The Kier molecular flexibility index (Phi) is 3.70. The first-order chi connectivity index (χ1) is 10.4. The molecule has 0 spiro atoms. The Hall–Kier alpha value is -1.32. The second-order valence-electron chi connectivity index (χ2n) is 5.39. The molecule has 2 aliphatic heterocycles. The molecule has 0 amide bonds. The molecule has 2 aliphatic rings. The Labute approximate surface area is 134 Å². The molecule has 1 atom stereocenters. The lowest BCUT2D eigenvalue weighted by molar-refractivity contribution is 0.406. The van der Waals surface area contributed by atoms with Gasteiger partial charge in [-0.2, -0.15) is 0 Å². The van der Waals surface area contributed by atoms with Gasteiger partial charge in [0.25, 0.3) is 0 Å². The van der Waals surface area contributed by atoms with Crippen molar-refractivity contribution in [2.75, 3.05) is 5.88 Å². The zero-order valence-electron chi connectivity index (χ0n) is 11.7. The summed E-state index contributed by atoms with van der Waals surface area (Å²) in [7, 11) is 0. The molecule has 0 aliphatic carbocycles. The van der Waals surface area contributed by atoms with Crippen molar-refractivity contribution >= 4 is 29.6 Å². The summed E-state index contributed by atoms with van der Waals surface area (Å²) in [5.74, 6) is 2.21. The third-order valence-electron chi connectivity index (χ3n) is 3.95. The maximum absolute atomic E-state index is 2.52. The summed E-state index contributed by atoms with van der Waals surface area (Å²) in [6.45, 7) is 1.07. The molecule has 1 nitrogen and oxygen atoms in total. The molecule has 3 heteroatoms. The number of hydrogen-bond acceptors (Lipinski definition) is 3. The van der Waals surface area contributed by atoms with Crippen LogP contribution in [0.5, 0.6) is 0 Å². The number of fused-ring (bicyclic) bond motifs is 2. The summed E-state index contributed by atoms with van der Waals surface area (Å²) < 4.78 is 0.568. The molecule has 2 aromatic rings. The smallest absolute Gasteiger partial charge is 0.0920 e. The van der Waals surface area contributed by atoms with Gasteiger partial charge in [-0.1, -0.05) is 54.6 Å². The van der Waals surface area contributed by atoms with Gasteiger partial charge in [-0.25, -0.2) is 0 Å². The quantitative estimate of drug-likeness (QED) is 0.801. The van der Waals surface area contributed by atoms with Crippen LogP contribution in [0.3, 0.4) is 0 Å². The minimum absolute atomic E-state index is 0.568. The summed E-state index contributed by atoms with van der Waals surface area (Å²) in [6, 6.07) is 19.5. The standard InChI is InChI=1S/C18H17NS2/c1-2-6-14(7-3-1)12-20-18-17-10-15-8-4-5-9-16(15)11-19(17)13-21-18/h1-10,18H,11-13H2. The van der Waals surface area contributed by atoms with Crippen LogP contribution in [0.25, 0.3) is 6.08 Å². The molecule has 2 heterocycles. The van der Waals surface area contributed by atoms with Crippen LogP contribution in [-0.4, -0.2) is 15.4 Å². The molecule has 0 aromatic heterocycles. The van der Waals surface area contributed by atoms with Gasteiger partial charge >= 0.3 is 0 Å². The highest BCUT2D eigenvalue weighted by molar-refractivity contribution is 8.17. The summed E-state index contributed by atoms with van der Waals surface area (Å²) in [5, 5.41) is 0. The van der Waals surface area contributed by atoms with E-state index >= 15 is 0 Å². The van der Waals surface area contributed by atoms with Gasteiger partial charge in [0, 0.05) is 18.0 Å². The zero-order chi connectivity index (χ0) is 14.1. The first kappa shape index (κ1) is 13.4. The van der Waals surface area contributed by atoms with Gasteiger partial charge in [0.15, 0.2) is 0 Å². The van der Waals surface area contributed by atoms with E-state index in [1.807, 2.05) is 0 Å². The van der Waals surface area contributed by atoms with Crippen molar-refractivity contribution in [2.24, 2.45) is 0 Å². The fourth-order valence-corrected chi connectivity index (χ4v) is 5.47. The molecule has 2 aromatic carbocycles. The molecule has 106 valence electrons. The first-order valence-corrected chi connectivity index (χ1v) is 9.31.